The first-order valence-electron chi connectivity index (χ1n) is 9.70. The molecule has 12 heteroatoms. The Morgan fingerprint density at radius 1 is 1.06 bits per heavy atom. The van der Waals surface area contributed by atoms with Crippen LogP contribution in [0.15, 0.2) is 41.3 Å². The average molecular weight is 455 g/mol. The Balaban J connectivity index is 0.000000501. The summed E-state index contributed by atoms with van der Waals surface area (Å²) in [5.41, 5.74) is -0.362. The van der Waals surface area contributed by atoms with Crippen LogP contribution in [0.2, 0.25) is 0 Å². The van der Waals surface area contributed by atoms with Crippen LogP contribution in [-0.4, -0.2) is 77.4 Å². The third kappa shape index (κ3) is 6.84. The lowest BCUT2D eigenvalue weighted by Crippen LogP contribution is -2.49. The maximum absolute atomic E-state index is 12.8. The Bertz CT molecular complexity index is 927. The van der Waals surface area contributed by atoms with Crippen molar-refractivity contribution in [2.24, 2.45) is 5.92 Å². The molecule has 0 amide bonds. The quantitative estimate of drug-likeness (QED) is 0.290. The summed E-state index contributed by atoms with van der Waals surface area (Å²) in [6.07, 6.45) is 7.84. The number of aliphatic carboxylic acids is 2. The number of nitro groups is 1. The van der Waals surface area contributed by atoms with Crippen LogP contribution in [0, 0.1) is 16.0 Å². The van der Waals surface area contributed by atoms with Gasteiger partial charge in [-0.05, 0) is 31.2 Å². The number of piperazine rings is 1. The second kappa shape index (κ2) is 11.0. The Morgan fingerprint density at radius 3 is 2.19 bits per heavy atom. The molecule has 1 aromatic rings. The van der Waals surface area contributed by atoms with E-state index < -0.39 is 26.9 Å². The number of hydrogen-bond donors (Lipinski definition) is 2. The minimum absolute atomic E-state index is 0.217. The number of rotatable bonds is 5. The Hall–Kier alpha value is -2.83. The van der Waals surface area contributed by atoms with E-state index in [1.807, 2.05) is 0 Å². The number of sulfonamides is 1. The van der Waals surface area contributed by atoms with Gasteiger partial charge >= 0.3 is 11.9 Å². The van der Waals surface area contributed by atoms with Crippen molar-refractivity contribution in [2.45, 2.75) is 24.2 Å². The van der Waals surface area contributed by atoms with Gasteiger partial charge in [0.05, 0.1) is 4.92 Å². The summed E-state index contributed by atoms with van der Waals surface area (Å²) in [6, 6.07) is 5.55. The molecular weight excluding hydrogens is 430 g/mol. The van der Waals surface area contributed by atoms with Gasteiger partial charge in [-0.1, -0.05) is 24.3 Å². The molecule has 31 heavy (non-hydrogen) atoms. The normalized spacial score (nSPS) is 19.8. The second-order valence-electron chi connectivity index (χ2n) is 7.19. The van der Waals surface area contributed by atoms with Crippen LogP contribution in [-0.2, 0) is 19.6 Å². The Kier molecular flexibility index (Phi) is 8.65. The standard InChI is InChI=1S/C17H23N3O4S.C2H2O4/c21-20(22)16-8-4-5-9-17(16)25(23,24)19-12-10-18(11-13-19)14-15-6-2-1-3-7-15;3-1(4)2(5)6/h1-2,4-5,8-9,15H,3,6-7,10-14H2;(H,3,4)(H,5,6). The molecular formula is C19H25N3O8S. The largest absolute Gasteiger partial charge is 0.473 e. The van der Waals surface area contributed by atoms with Gasteiger partial charge in [0.2, 0.25) is 10.0 Å². The predicted octanol–water partition coefficient (Wildman–Crippen LogP) is 1.41. The molecule has 1 aliphatic heterocycles. The molecule has 0 saturated carbocycles. The first kappa shape index (κ1) is 24.4. The van der Waals surface area contributed by atoms with Crippen molar-refractivity contribution in [3.8, 4) is 0 Å². The number of carboxylic acids is 2. The lowest BCUT2D eigenvalue weighted by Gasteiger charge is -2.36. The van der Waals surface area contributed by atoms with Crippen molar-refractivity contribution in [2.75, 3.05) is 32.7 Å². The number of allylic oxidation sites excluding steroid dienone is 2. The molecule has 11 nitrogen and oxygen atoms in total. The highest BCUT2D eigenvalue weighted by Gasteiger charge is 2.33. The number of nitrogens with zero attached hydrogens (tertiary/aromatic N) is 3. The van der Waals surface area contributed by atoms with Crippen LogP contribution >= 0.6 is 0 Å². The zero-order valence-electron chi connectivity index (χ0n) is 16.8. The van der Waals surface area contributed by atoms with Crippen molar-refractivity contribution < 1.29 is 33.1 Å². The third-order valence-electron chi connectivity index (χ3n) is 5.09. The van der Waals surface area contributed by atoms with Crippen LogP contribution in [0.5, 0.6) is 0 Å². The van der Waals surface area contributed by atoms with Crippen molar-refractivity contribution in [3.63, 3.8) is 0 Å². The molecule has 0 aromatic heterocycles. The van der Waals surface area contributed by atoms with Crippen LogP contribution in [0.3, 0.4) is 0 Å². The molecule has 2 aliphatic rings. The fourth-order valence-corrected chi connectivity index (χ4v) is 5.08. The second-order valence-corrected chi connectivity index (χ2v) is 9.10. The fourth-order valence-electron chi connectivity index (χ4n) is 3.50. The van der Waals surface area contributed by atoms with E-state index in [4.69, 9.17) is 19.8 Å². The maximum atomic E-state index is 12.8. The molecule has 0 radical (unpaired) electrons. The molecule has 3 rings (SSSR count). The van der Waals surface area contributed by atoms with Crippen molar-refractivity contribution >= 4 is 27.6 Å². The molecule has 1 fully saturated rings. The summed E-state index contributed by atoms with van der Waals surface area (Å²) >= 11 is 0. The van der Waals surface area contributed by atoms with Crippen molar-refractivity contribution in [1.82, 2.24) is 9.21 Å². The molecule has 1 unspecified atom stereocenters. The van der Waals surface area contributed by atoms with E-state index in [1.165, 1.54) is 35.0 Å². The molecule has 170 valence electrons. The molecule has 0 bridgehead atoms. The smallest absolute Gasteiger partial charge is 0.414 e. The van der Waals surface area contributed by atoms with Gasteiger partial charge in [-0.25, -0.2) is 18.0 Å². The van der Waals surface area contributed by atoms with Crippen LogP contribution in [0.4, 0.5) is 5.69 Å². The van der Waals surface area contributed by atoms with Gasteiger partial charge in [0.25, 0.3) is 5.69 Å². The number of benzene rings is 1. The number of nitro benzene ring substituents is 1. The van der Waals surface area contributed by atoms with E-state index in [9.17, 15) is 18.5 Å². The van der Waals surface area contributed by atoms with Gasteiger partial charge < -0.3 is 15.1 Å². The molecule has 2 N–H and O–H groups in total. The van der Waals surface area contributed by atoms with Crippen LogP contribution in [0.1, 0.15) is 19.3 Å². The molecule has 1 heterocycles. The molecule has 1 atom stereocenters. The lowest BCUT2D eigenvalue weighted by atomic mass is 9.94. The summed E-state index contributed by atoms with van der Waals surface area (Å²) in [4.78, 5) is 30.8. The lowest BCUT2D eigenvalue weighted by molar-refractivity contribution is -0.387. The predicted molar refractivity (Wildman–Crippen MR) is 110 cm³/mol. The third-order valence-corrected chi connectivity index (χ3v) is 7.03. The van der Waals surface area contributed by atoms with Gasteiger partial charge in [0.15, 0.2) is 4.90 Å². The maximum Gasteiger partial charge on any atom is 0.414 e. The van der Waals surface area contributed by atoms with Crippen LogP contribution in [0.25, 0.3) is 0 Å². The number of carboxylic acid groups (broad SMARTS) is 2. The van der Waals surface area contributed by atoms with E-state index in [0.29, 0.717) is 32.1 Å². The summed E-state index contributed by atoms with van der Waals surface area (Å²) in [6.45, 7) is 3.07. The van der Waals surface area contributed by atoms with Crippen molar-refractivity contribution in [3.05, 3.63) is 46.5 Å². The molecule has 1 aromatic carbocycles. The SMILES string of the molecule is O=C(O)C(=O)O.O=[N+]([O-])c1ccccc1S(=O)(=O)N1CCN(CC2CC=CCC2)CC1. The summed E-state index contributed by atoms with van der Waals surface area (Å²) in [5.74, 6) is -3.01. The van der Waals surface area contributed by atoms with E-state index in [1.54, 1.807) is 0 Å². The summed E-state index contributed by atoms with van der Waals surface area (Å²) in [7, 11) is -3.84. The van der Waals surface area contributed by atoms with E-state index in [2.05, 4.69) is 17.1 Å². The number of para-hydroxylation sites is 1. The van der Waals surface area contributed by atoms with Gasteiger partial charge in [0, 0.05) is 38.8 Å². The number of hydrogen-bond acceptors (Lipinski definition) is 7. The summed E-state index contributed by atoms with van der Waals surface area (Å²) in [5, 5.41) is 25.9. The highest BCUT2D eigenvalue weighted by atomic mass is 32.2. The zero-order valence-corrected chi connectivity index (χ0v) is 17.6. The van der Waals surface area contributed by atoms with Gasteiger partial charge in [-0.2, -0.15) is 4.31 Å². The topological polar surface area (TPSA) is 158 Å². The van der Waals surface area contributed by atoms with Gasteiger partial charge in [-0.3, -0.25) is 10.1 Å². The highest BCUT2D eigenvalue weighted by molar-refractivity contribution is 7.89. The van der Waals surface area contributed by atoms with E-state index in [0.717, 1.165) is 19.4 Å². The fraction of sp³-hybridized carbons (Fsp3) is 0.474. The molecule has 1 saturated heterocycles. The minimum atomic E-state index is -3.84. The van der Waals surface area contributed by atoms with Gasteiger partial charge in [0.1, 0.15) is 0 Å². The van der Waals surface area contributed by atoms with Crippen molar-refractivity contribution in [1.29, 1.82) is 0 Å². The Labute approximate surface area is 179 Å². The molecule has 0 spiro atoms. The average Bonchev–Trinajstić information content (AvgIpc) is 2.75. The Morgan fingerprint density at radius 2 is 1.68 bits per heavy atom. The van der Waals surface area contributed by atoms with Gasteiger partial charge in [-0.15, -0.1) is 0 Å². The van der Waals surface area contributed by atoms with E-state index in [-0.39, 0.29) is 10.6 Å². The van der Waals surface area contributed by atoms with Crippen LogP contribution < -0.4 is 0 Å². The summed E-state index contributed by atoms with van der Waals surface area (Å²) < 4.78 is 27.0. The highest BCUT2D eigenvalue weighted by Crippen LogP contribution is 2.27. The first-order chi connectivity index (χ1) is 14.6. The monoisotopic (exact) mass is 455 g/mol. The molecule has 1 aliphatic carbocycles. The minimum Gasteiger partial charge on any atom is -0.473 e. The first-order valence-corrected chi connectivity index (χ1v) is 11.1. The van der Waals surface area contributed by atoms with E-state index >= 15 is 0 Å². The zero-order chi connectivity index (χ0) is 23.0. The number of carbonyl (C=O) groups is 2.